The van der Waals surface area contributed by atoms with E-state index < -0.39 is 19.7 Å². The van der Waals surface area contributed by atoms with Crippen LogP contribution >= 0.6 is 0 Å². The summed E-state index contributed by atoms with van der Waals surface area (Å²) in [5, 5.41) is 13.3. The number of para-hydroxylation sites is 1. The molecule has 4 nitrogen and oxygen atoms in total. The molecular formula is C20H31NO3Si. The van der Waals surface area contributed by atoms with Crippen molar-refractivity contribution >= 4 is 14.0 Å². The first-order valence-corrected chi connectivity index (χ1v) is 12.2. The van der Waals surface area contributed by atoms with Crippen LogP contribution in [-0.2, 0) is 9.53 Å². The predicted molar refractivity (Wildman–Crippen MR) is 105 cm³/mol. The van der Waals surface area contributed by atoms with Gasteiger partial charge in [0.15, 0.2) is 0 Å². The minimum atomic E-state index is -1.50. The molecule has 138 valence electrons. The quantitative estimate of drug-likeness (QED) is 0.472. The Morgan fingerprint density at radius 2 is 1.88 bits per heavy atom. The molecular weight excluding hydrogens is 330 g/mol. The Morgan fingerprint density at radius 1 is 1.28 bits per heavy atom. The summed E-state index contributed by atoms with van der Waals surface area (Å²) in [4.78, 5) is 12.6. The van der Waals surface area contributed by atoms with Gasteiger partial charge in [0.05, 0.1) is 0 Å². The molecule has 25 heavy (non-hydrogen) atoms. The number of carbonyl (C=O) groups is 1. The van der Waals surface area contributed by atoms with Crippen molar-refractivity contribution in [1.29, 1.82) is 0 Å². The van der Waals surface area contributed by atoms with Crippen LogP contribution in [0.5, 0.6) is 5.75 Å². The van der Waals surface area contributed by atoms with Crippen molar-refractivity contribution in [3.63, 3.8) is 0 Å². The van der Waals surface area contributed by atoms with Gasteiger partial charge in [0.1, 0.15) is 25.5 Å². The number of nitrogens with one attached hydrogen (secondary N) is 1. The molecule has 0 spiro atoms. The molecule has 0 fully saturated rings. The molecule has 2 N–H and O–H groups in total. The van der Waals surface area contributed by atoms with E-state index in [1.54, 1.807) is 12.1 Å². The molecule has 0 aromatic heterocycles. The summed E-state index contributed by atoms with van der Waals surface area (Å²) in [6.45, 7) is 14.0. The van der Waals surface area contributed by atoms with Gasteiger partial charge < -0.3 is 9.84 Å². The van der Waals surface area contributed by atoms with Crippen LogP contribution in [0.3, 0.4) is 0 Å². The third-order valence-corrected chi connectivity index (χ3v) is 4.24. The monoisotopic (exact) mass is 361 g/mol. The van der Waals surface area contributed by atoms with Crippen LogP contribution in [0.2, 0.25) is 19.6 Å². The fraction of sp³-hybridized carbons (Fsp3) is 0.550. The van der Waals surface area contributed by atoms with Crippen LogP contribution in [0, 0.1) is 11.5 Å². The number of phenolic OH excluding ortho intramolecular Hbond substituents is 1. The Hall–Kier alpha value is -1.77. The summed E-state index contributed by atoms with van der Waals surface area (Å²) in [7, 11) is -1.50. The van der Waals surface area contributed by atoms with E-state index in [9.17, 15) is 9.90 Å². The van der Waals surface area contributed by atoms with E-state index in [1.165, 1.54) is 0 Å². The van der Waals surface area contributed by atoms with E-state index in [0.29, 0.717) is 6.42 Å². The summed E-state index contributed by atoms with van der Waals surface area (Å²) in [6, 6.07) is 6.37. The molecule has 2 atom stereocenters. The summed E-state index contributed by atoms with van der Waals surface area (Å²) >= 11 is 0. The molecule has 0 aliphatic rings. The van der Waals surface area contributed by atoms with Gasteiger partial charge in [0.2, 0.25) is 0 Å². The molecule has 0 aliphatic carbocycles. The SMILES string of the molecule is CC(NC(CC#C[Si](C)(C)C)C(=O)OC(C)(C)C)c1ccccc1O. The molecule has 0 saturated carbocycles. The van der Waals surface area contributed by atoms with Gasteiger partial charge in [-0.1, -0.05) is 37.8 Å². The predicted octanol–water partition coefficient (Wildman–Crippen LogP) is 4.02. The number of ether oxygens (including phenoxy) is 1. The fourth-order valence-electron chi connectivity index (χ4n) is 2.25. The number of esters is 1. The fourth-order valence-corrected chi connectivity index (χ4v) is 2.88. The second-order valence-corrected chi connectivity index (χ2v) is 13.0. The molecule has 0 aliphatic heterocycles. The van der Waals surface area contributed by atoms with E-state index in [2.05, 4.69) is 36.4 Å². The zero-order valence-corrected chi connectivity index (χ0v) is 17.4. The van der Waals surface area contributed by atoms with Crippen molar-refractivity contribution < 1.29 is 14.6 Å². The highest BCUT2D eigenvalue weighted by Gasteiger charge is 2.26. The molecule has 1 aromatic rings. The Morgan fingerprint density at radius 3 is 2.40 bits per heavy atom. The minimum absolute atomic E-state index is 0.201. The zero-order valence-electron chi connectivity index (χ0n) is 16.4. The lowest BCUT2D eigenvalue weighted by atomic mass is 10.1. The van der Waals surface area contributed by atoms with Gasteiger partial charge in [-0.2, -0.15) is 0 Å². The molecule has 0 saturated heterocycles. The lowest BCUT2D eigenvalue weighted by Gasteiger charge is -2.26. The van der Waals surface area contributed by atoms with Gasteiger partial charge in [0.25, 0.3) is 0 Å². The highest BCUT2D eigenvalue weighted by Crippen LogP contribution is 2.24. The maximum atomic E-state index is 12.6. The number of phenols is 1. The van der Waals surface area contributed by atoms with Gasteiger partial charge >= 0.3 is 5.97 Å². The van der Waals surface area contributed by atoms with Crippen LogP contribution < -0.4 is 5.32 Å². The first-order chi connectivity index (χ1) is 11.4. The summed E-state index contributed by atoms with van der Waals surface area (Å²) in [6.07, 6.45) is 0.386. The maximum Gasteiger partial charge on any atom is 0.324 e. The van der Waals surface area contributed by atoms with Crippen LogP contribution in [0.1, 0.15) is 45.7 Å². The van der Waals surface area contributed by atoms with E-state index >= 15 is 0 Å². The topological polar surface area (TPSA) is 58.6 Å². The van der Waals surface area contributed by atoms with Crippen LogP contribution in [-0.4, -0.2) is 30.8 Å². The largest absolute Gasteiger partial charge is 0.508 e. The molecule has 2 unspecified atom stereocenters. The van der Waals surface area contributed by atoms with Gasteiger partial charge in [0, 0.05) is 18.0 Å². The van der Waals surface area contributed by atoms with Gasteiger partial charge in [-0.15, -0.1) is 11.5 Å². The number of aromatic hydroxyl groups is 1. The number of hydrogen-bond donors (Lipinski definition) is 2. The number of benzene rings is 1. The highest BCUT2D eigenvalue weighted by molar-refractivity contribution is 6.83. The van der Waals surface area contributed by atoms with Crippen molar-refractivity contribution in [3.8, 4) is 17.2 Å². The van der Waals surface area contributed by atoms with Gasteiger partial charge in [-0.3, -0.25) is 10.1 Å². The Kier molecular flexibility index (Phi) is 7.27. The standard InChI is InChI=1S/C20H31NO3Si/c1-15(16-11-8-9-13-18(16)22)21-17(12-10-14-25(5,6)7)19(23)24-20(2,3)4/h8-9,11,13,15,17,21-22H,12H2,1-7H3. The minimum Gasteiger partial charge on any atom is -0.508 e. The van der Waals surface area contributed by atoms with Crippen molar-refractivity contribution in [2.24, 2.45) is 0 Å². The molecule has 5 heteroatoms. The maximum absolute atomic E-state index is 12.6. The van der Waals surface area contributed by atoms with Crippen LogP contribution in [0.15, 0.2) is 24.3 Å². The van der Waals surface area contributed by atoms with E-state index in [-0.39, 0.29) is 17.8 Å². The highest BCUT2D eigenvalue weighted by atomic mass is 28.3. The third-order valence-electron chi connectivity index (χ3n) is 3.32. The van der Waals surface area contributed by atoms with Gasteiger partial charge in [-0.25, -0.2) is 0 Å². The first kappa shape index (κ1) is 21.3. The van der Waals surface area contributed by atoms with E-state index in [4.69, 9.17) is 4.74 Å². The zero-order chi connectivity index (χ0) is 19.3. The summed E-state index contributed by atoms with van der Waals surface area (Å²) in [5.74, 6) is 3.04. The van der Waals surface area contributed by atoms with Crippen molar-refractivity contribution in [2.75, 3.05) is 0 Å². The molecule has 0 amide bonds. The molecule has 0 heterocycles. The second kappa shape index (κ2) is 8.55. The first-order valence-electron chi connectivity index (χ1n) is 8.66. The van der Waals surface area contributed by atoms with Crippen molar-refractivity contribution in [2.45, 2.75) is 71.4 Å². The van der Waals surface area contributed by atoms with E-state index in [0.717, 1.165) is 5.56 Å². The normalized spacial score (nSPS) is 14.2. The van der Waals surface area contributed by atoms with Gasteiger partial charge in [-0.05, 0) is 33.8 Å². The molecule has 1 rings (SSSR count). The Bertz CT molecular complexity index is 647. The van der Waals surface area contributed by atoms with Crippen molar-refractivity contribution in [1.82, 2.24) is 5.32 Å². The smallest absolute Gasteiger partial charge is 0.324 e. The van der Waals surface area contributed by atoms with E-state index in [1.807, 2.05) is 39.8 Å². The lowest BCUT2D eigenvalue weighted by molar-refractivity contribution is -0.157. The molecule has 0 bridgehead atoms. The Labute approximate surface area is 153 Å². The molecule has 1 aromatic carbocycles. The van der Waals surface area contributed by atoms with Crippen molar-refractivity contribution in [3.05, 3.63) is 29.8 Å². The lowest BCUT2D eigenvalue weighted by Crippen LogP contribution is -2.42. The number of hydrogen-bond acceptors (Lipinski definition) is 4. The third kappa shape index (κ3) is 8.24. The average molecular weight is 362 g/mol. The number of carbonyl (C=O) groups excluding carboxylic acids is 1. The summed E-state index contributed by atoms with van der Waals surface area (Å²) < 4.78 is 5.53. The number of rotatable bonds is 5. The Balaban J connectivity index is 2.95. The van der Waals surface area contributed by atoms with Crippen LogP contribution in [0.25, 0.3) is 0 Å². The second-order valence-electron chi connectivity index (χ2n) is 8.29. The average Bonchev–Trinajstić information content (AvgIpc) is 2.43. The van der Waals surface area contributed by atoms with Crippen LogP contribution in [0.4, 0.5) is 0 Å². The summed E-state index contributed by atoms with van der Waals surface area (Å²) in [5.41, 5.74) is 3.48. The molecule has 0 radical (unpaired) electrons.